The maximum atomic E-state index is 12.2. The van der Waals surface area contributed by atoms with Crippen molar-refractivity contribution >= 4 is 27.7 Å². The first-order valence-corrected chi connectivity index (χ1v) is 8.51. The lowest BCUT2D eigenvalue weighted by Gasteiger charge is -2.06. The van der Waals surface area contributed by atoms with Gasteiger partial charge in [0.05, 0.1) is 0 Å². The molecule has 6 heteroatoms. The summed E-state index contributed by atoms with van der Waals surface area (Å²) >= 11 is 3.30. The molecule has 0 spiro atoms. The molecule has 128 valence electrons. The highest BCUT2D eigenvalue weighted by atomic mass is 79.9. The zero-order valence-electron chi connectivity index (χ0n) is 13.9. The van der Waals surface area contributed by atoms with Gasteiger partial charge in [0, 0.05) is 10.7 Å². The van der Waals surface area contributed by atoms with Gasteiger partial charge in [0.2, 0.25) is 0 Å². The summed E-state index contributed by atoms with van der Waals surface area (Å²) in [6.45, 7) is 4.30. The van der Waals surface area contributed by atoms with Crippen LogP contribution < -0.4 is 10.1 Å². The van der Waals surface area contributed by atoms with Crippen LogP contribution >= 0.6 is 15.9 Å². The third kappa shape index (κ3) is 4.70. The summed E-state index contributed by atoms with van der Waals surface area (Å²) in [4.78, 5) is 16.3. The van der Waals surface area contributed by atoms with E-state index >= 15 is 0 Å². The predicted octanol–water partition coefficient (Wildman–Crippen LogP) is 4.89. The van der Waals surface area contributed by atoms with Gasteiger partial charge in [-0.3, -0.25) is 4.79 Å². The monoisotopic (exact) mass is 400 g/mol. The van der Waals surface area contributed by atoms with Crippen molar-refractivity contribution in [3.8, 4) is 5.75 Å². The van der Waals surface area contributed by atoms with Crippen LogP contribution in [-0.2, 0) is 6.61 Å². The van der Waals surface area contributed by atoms with E-state index in [4.69, 9.17) is 9.15 Å². The van der Waals surface area contributed by atoms with Crippen LogP contribution in [0, 0.1) is 13.8 Å². The fourth-order valence-electron chi connectivity index (χ4n) is 2.38. The average Bonchev–Trinajstić information content (AvgIpc) is 3.03. The second-order valence-corrected chi connectivity index (χ2v) is 6.61. The maximum absolute atomic E-state index is 12.2. The van der Waals surface area contributed by atoms with Crippen molar-refractivity contribution in [3.05, 3.63) is 75.8 Å². The second-order valence-electron chi connectivity index (χ2n) is 5.69. The number of rotatable bonds is 5. The number of nitrogens with one attached hydrogen (secondary N) is 1. The molecule has 1 N–H and O–H groups in total. The summed E-state index contributed by atoms with van der Waals surface area (Å²) in [5.41, 5.74) is 2.27. The fraction of sp³-hybridized carbons (Fsp3) is 0.158. The summed E-state index contributed by atoms with van der Waals surface area (Å²) in [5, 5.41) is 2.68. The highest BCUT2D eigenvalue weighted by molar-refractivity contribution is 9.10. The van der Waals surface area contributed by atoms with Crippen LogP contribution in [0.3, 0.4) is 0 Å². The molecule has 0 aliphatic carbocycles. The number of aryl methyl sites for hydroxylation is 2. The number of halogens is 1. The van der Waals surface area contributed by atoms with E-state index in [0.29, 0.717) is 11.6 Å². The summed E-state index contributed by atoms with van der Waals surface area (Å²) in [5.74, 6) is 1.67. The first kappa shape index (κ1) is 17.2. The van der Waals surface area contributed by atoms with Crippen molar-refractivity contribution < 1.29 is 13.9 Å². The van der Waals surface area contributed by atoms with Crippen molar-refractivity contribution in [1.29, 1.82) is 0 Å². The Bertz CT molecular complexity index is 868. The number of pyridine rings is 1. The van der Waals surface area contributed by atoms with E-state index in [-0.39, 0.29) is 18.3 Å². The molecule has 0 saturated heterocycles. The molecule has 0 fully saturated rings. The third-order valence-electron chi connectivity index (χ3n) is 3.43. The first-order chi connectivity index (χ1) is 12.0. The number of ether oxygens (including phenoxy) is 1. The molecule has 2 aromatic heterocycles. The number of nitrogens with zero attached hydrogens (tertiary/aromatic N) is 1. The minimum Gasteiger partial charge on any atom is -0.486 e. The van der Waals surface area contributed by atoms with E-state index in [1.165, 1.54) is 0 Å². The van der Waals surface area contributed by atoms with Gasteiger partial charge < -0.3 is 14.5 Å². The van der Waals surface area contributed by atoms with E-state index in [2.05, 4.69) is 32.3 Å². The second kappa shape index (κ2) is 7.53. The van der Waals surface area contributed by atoms with Gasteiger partial charge in [0.15, 0.2) is 5.76 Å². The number of carbonyl (C=O) groups excluding carboxylic acids is 1. The van der Waals surface area contributed by atoms with Gasteiger partial charge in [0.1, 0.15) is 23.9 Å². The van der Waals surface area contributed by atoms with Crippen molar-refractivity contribution in [1.82, 2.24) is 4.98 Å². The van der Waals surface area contributed by atoms with Crippen LogP contribution in [-0.4, -0.2) is 10.9 Å². The summed E-state index contributed by atoms with van der Waals surface area (Å²) in [6.07, 6.45) is 1.61. The zero-order chi connectivity index (χ0) is 17.8. The number of benzene rings is 1. The Morgan fingerprint density at radius 2 is 1.92 bits per heavy atom. The van der Waals surface area contributed by atoms with E-state index < -0.39 is 0 Å². The minimum atomic E-state index is -0.354. The van der Waals surface area contributed by atoms with Crippen LogP contribution in [0.25, 0.3) is 0 Å². The molecule has 0 aliphatic rings. The Hall–Kier alpha value is -2.60. The molecule has 3 aromatic rings. The number of amides is 1. The number of hydrogen-bond acceptors (Lipinski definition) is 4. The van der Waals surface area contributed by atoms with Crippen LogP contribution in [0.15, 0.2) is 57.6 Å². The lowest BCUT2D eigenvalue weighted by molar-refractivity contribution is 0.0992. The number of carbonyl (C=O) groups is 1. The molecule has 1 aromatic carbocycles. The van der Waals surface area contributed by atoms with Crippen LogP contribution in [0.5, 0.6) is 5.75 Å². The van der Waals surface area contributed by atoms with E-state index in [1.807, 2.05) is 26.0 Å². The molecule has 0 saturated carbocycles. The molecule has 2 heterocycles. The molecule has 0 unspecified atom stereocenters. The van der Waals surface area contributed by atoms with Crippen LogP contribution in [0.2, 0.25) is 0 Å². The Morgan fingerprint density at radius 3 is 2.60 bits per heavy atom. The van der Waals surface area contributed by atoms with Crippen LogP contribution in [0.1, 0.15) is 27.4 Å². The normalized spacial score (nSPS) is 10.5. The molecule has 25 heavy (non-hydrogen) atoms. The summed E-state index contributed by atoms with van der Waals surface area (Å²) in [6, 6.07) is 12.9. The van der Waals surface area contributed by atoms with E-state index in [9.17, 15) is 4.79 Å². The highest BCUT2D eigenvalue weighted by Crippen LogP contribution is 2.19. The Kier molecular flexibility index (Phi) is 5.19. The quantitative estimate of drug-likeness (QED) is 0.662. The van der Waals surface area contributed by atoms with Crippen molar-refractivity contribution in [2.45, 2.75) is 20.5 Å². The highest BCUT2D eigenvalue weighted by Gasteiger charge is 2.12. The smallest absolute Gasteiger partial charge is 0.292 e. The number of aromatic nitrogens is 1. The molecule has 3 rings (SSSR count). The van der Waals surface area contributed by atoms with Crippen molar-refractivity contribution in [3.63, 3.8) is 0 Å². The van der Waals surface area contributed by atoms with Gasteiger partial charge in [-0.25, -0.2) is 4.98 Å². The van der Waals surface area contributed by atoms with Gasteiger partial charge >= 0.3 is 0 Å². The molecule has 5 nitrogen and oxygen atoms in total. The largest absolute Gasteiger partial charge is 0.486 e. The van der Waals surface area contributed by atoms with Gasteiger partial charge in [0.25, 0.3) is 5.91 Å². The van der Waals surface area contributed by atoms with Gasteiger partial charge in [-0.15, -0.1) is 0 Å². The van der Waals surface area contributed by atoms with Gasteiger partial charge in [-0.1, -0.05) is 6.07 Å². The van der Waals surface area contributed by atoms with Crippen LogP contribution in [0.4, 0.5) is 5.82 Å². The molecule has 0 atom stereocenters. The molecular formula is C19H17BrN2O3. The number of anilines is 1. The Morgan fingerprint density at radius 1 is 1.16 bits per heavy atom. The van der Waals surface area contributed by atoms with Crippen molar-refractivity contribution in [2.24, 2.45) is 0 Å². The van der Waals surface area contributed by atoms with Gasteiger partial charge in [-0.05, 0) is 77.3 Å². The molecular weight excluding hydrogens is 384 g/mol. The lowest BCUT2D eigenvalue weighted by atomic mass is 10.1. The number of hydrogen-bond donors (Lipinski definition) is 1. The summed E-state index contributed by atoms with van der Waals surface area (Å²) < 4.78 is 12.1. The standard InChI is InChI=1S/C19H17BrN2O3/c1-12-7-13(2)9-16(8-12)24-11-15-4-5-17(25-15)19(23)22-18-6-3-14(20)10-21-18/h3-10H,11H2,1-2H3,(H,21,22,23). The predicted molar refractivity (Wildman–Crippen MR) is 98.8 cm³/mol. The minimum absolute atomic E-state index is 0.212. The van der Waals surface area contributed by atoms with E-state index in [1.54, 1.807) is 30.5 Å². The van der Waals surface area contributed by atoms with Crippen molar-refractivity contribution in [2.75, 3.05) is 5.32 Å². The lowest BCUT2D eigenvalue weighted by Crippen LogP contribution is -2.11. The van der Waals surface area contributed by atoms with E-state index in [0.717, 1.165) is 21.3 Å². The fourth-order valence-corrected chi connectivity index (χ4v) is 2.61. The topological polar surface area (TPSA) is 64.4 Å². The molecule has 1 amide bonds. The number of furan rings is 1. The Balaban J connectivity index is 1.61. The Labute approximate surface area is 154 Å². The third-order valence-corrected chi connectivity index (χ3v) is 3.90. The zero-order valence-corrected chi connectivity index (χ0v) is 15.5. The SMILES string of the molecule is Cc1cc(C)cc(OCc2ccc(C(=O)Nc3ccc(Br)cn3)o2)c1. The first-order valence-electron chi connectivity index (χ1n) is 7.72. The maximum Gasteiger partial charge on any atom is 0.292 e. The summed E-state index contributed by atoms with van der Waals surface area (Å²) in [7, 11) is 0. The molecule has 0 bridgehead atoms. The average molecular weight is 401 g/mol. The molecule has 0 radical (unpaired) electrons. The van der Waals surface area contributed by atoms with Gasteiger partial charge in [-0.2, -0.15) is 0 Å². The molecule has 0 aliphatic heterocycles.